The molecule has 3 aromatic rings. The summed E-state index contributed by atoms with van der Waals surface area (Å²) in [5.41, 5.74) is 1.41. The highest BCUT2D eigenvalue weighted by Gasteiger charge is 2.29. The van der Waals surface area contributed by atoms with Gasteiger partial charge in [-0.15, -0.1) is 11.3 Å². The van der Waals surface area contributed by atoms with Crippen LogP contribution in [0, 0.1) is 0 Å². The second-order valence-electron chi connectivity index (χ2n) is 6.86. The van der Waals surface area contributed by atoms with Crippen LogP contribution in [0.4, 0.5) is 0 Å². The average Bonchev–Trinajstić information content (AvgIpc) is 3.42. The molecule has 0 fully saturated rings. The number of nitrogens with one attached hydrogen (secondary N) is 1. The van der Waals surface area contributed by atoms with E-state index in [4.69, 9.17) is 0 Å². The van der Waals surface area contributed by atoms with E-state index in [0.29, 0.717) is 31.7 Å². The molecular weight excluding hydrogens is 408 g/mol. The van der Waals surface area contributed by atoms with Gasteiger partial charge in [0.05, 0.1) is 4.90 Å². The number of hydrogen-bond donors (Lipinski definition) is 1. The van der Waals surface area contributed by atoms with Crippen LogP contribution in [-0.2, 0) is 29.5 Å². The van der Waals surface area contributed by atoms with Crippen molar-refractivity contribution in [2.24, 2.45) is 0 Å². The maximum atomic E-state index is 13.1. The maximum Gasteiger partial charge on any atom is 0.251 e. The molecule has 7 nitrogen and oxygen atoms in total. The first-order chi connectivity index (χ1) is 14.0. The van der Waals surface area contributed by atoms with Crippen molar-refractivity contribution in [3.8, 4) is 0 Å². The summed E-state index contributed by atoms with van der Waals surface area (Å²) in [5.74, 6) is -0.277. The van der Waals surface area contributed by atoms with Gasteiger partial charge >= 0.3 is 0 Å². The molecule has 0 aliphatic carbocycles. The molecule has 1 N–H and O–H groups in total. The number of hydrogen-bond acceptors (Lipinski definition) is 5. The Labute approximate surface area is 174 Å². The molecular formula is C20H22N4O3S2. The number of rotatable bonds is 7. The molecule has 3 heterocycles. The summed E-state index contributed by atoms with van der Waals surface area (Å²) in [6, 6.07) is 10.1. The van der Waals surface area contributed by atoms with E-state index in [-0.39, 0.29) is 10.8 Å². The zero-order valence-electron chi connectivity index (χ0n) is 15.8. The first-order valence-corrected chi connectivity index (χ1v) is 11.8. The lowest BCUT2D eigenvalue weighted by molar-refractivity contribution is 0.0952. The summed E-state index contributed by atoms with van der Waals surface area (Å²) >= 11 is 1.67. The van der Waals surface area contributed by atoms with Crippen molar-refractivity contribution in [1.82, 2.24) is 19.4 Å². The van der Waals surface area contributed by atoms with E-state index >= 15 is 0 Å². The lowest BCUT2D eigenvalue weighted by atomic mass is 10.1. The number of carbonyl (C=O) groups is 1. The van der Waals surface area contributed by atoms with E-state index in [1.807, 2.05) is 23.7 Å². The summed E-state index contributed by atoms with van der Waals surface area (Å²) in [6.07, 6.45) is 5.05. The van der Waals surface area contributed by atoms with Gasteiger partial charge in [-0.3, -0.25) is 9.48 Å². The van der Waals surface area contributed by atoms with Crippen molar-refractivity contribution in [2.45, 2.75) is 30.8 Å². The molecule has 9 heteroatoms. The number of fused-ring (bicyclic) bond motifs is 1. The highest BCUT2D eigenvalue weighted by molar-refractivity contribution is 7.89. The van der Waals surface area contributed by atoms with Gasteiger partial charge in [-0.25, -0.2) is 8.42 Å². The molecule has 152 valence electrons. The van der Waals surface area contributed by atoms with Crippen molar-refractivity contribution in [2.75, 3.05) is 13.1 Å². The van der Waals surface area contributed by atoms with Crippen LogP contribution >= 0.6 is 11.3 Å². The minimum absolute atomic E-state index is 0.153. The molecule has 29 heavy (non-hydrogen) atoms. The highest BCUT2D eigenvalue weighted by atomic mass is 32.2. The minimum Gasteiger partial charge on any atom is -0.352 e. The van der Waals surface area contributed by atoms with E-state index in [9.17, 15) is 13.2 Å². The number of amides is 1. The lowest BCUT2D eigenvalue weighted by Gasteiger charge is -2.26. The first kappa shape index (κ1) is 19.8. The third-order valence-electron chi connectivity index (χ3n) is 4.92. The number of nitrogens with zero attached hydrogens (tertiary/aromatic N) is 3. The van der Waals surface area contributed by atoms with E-state index in [2.05, 4.69) is 10.4 Å². The van der Waals surface area contributed by atoms with Gasteiger partial charge in [0.15, 0.2) is 0 Å². The monoisotopic (exact) mass is 430 g/mol. The van der Waals surface area contributed by atoms with Crippen molar-refractivity contribution in [3.05, 3.63) is 70.2 Å². The van der Waals surface area contributed by atoms with Crippen LogP contribution in [-0.4, -0.2) is 41.5 Å². The Morgan fingerprint density at radius 2 is 2.14 bits per heavy atom. The van der Waals surface area contributed by atoms with Gasteiger partial charge in [-0.05, 0) is 54.1 Å². The number of benzene rings is 1. The Balaban J connectivity index is 1.40. The Bertz CT molecular complexity index is 1090. The Morgan fingerprint density at radius 3 is 2.97 bits per heavy atom. The zero-order valence-corrected chi connectivity index (χ0v) is 17.5. The van der Waals surface area contributed by atoms with E-state index < -0.39 is 10.0 Å². The molecule has 0 bridgehead atoms. The summed E-state index contributed by atoms with van der Waals surface area (Å²) in [4.78, 5) is 13.9. The van der Waals surface area contributed by atoms with E-state index in [1.165, 1.54) is 15.2 Å². The Morgan fingerprint density at radius 1 is 1.24 bits per heavy atom. The number of thiophene rings is 1. The fraction of sp³-hybridized carbons (Fsp3) is 0.300. The highest BCUT2D eigenvalue weighted by Crippen LogP contribution is 2.28. The first-order valence-electron chi connectivity index (χ1n) is 9.45. The molecule has 2 aromatic heterocycles. The van der Waals surface area contributed by atoms with Gasteiger partial charge < -0.3 is 5.32 Å². The van der Waals surface area contributed by atoms with Crippen molar-refractivity contribution < 1.29 is 13.2 Å². The van der Waals surface area contributed by atoms with Gasteiger partial charge in [-0.2, -0.15) is 9.40 Å². The van der Waals surface area contributed by atoms with E-state index in [1.54, 1.807) is 40.4 Å². The standard InChI is InChI=1S/C20H22N4O3S2/c25-20(21-8-2-10-23-11-3-9-22-23)16-4-1-5-18(14-16)29(26,27)24-12-6-19-17(15-24)7-13-28-19/h1,3-5,7,9,11,13-14H,2,6,8,10,12,15H2,(H,21,25). The Kier molecular flexibility index (Phi) is 5.79. The number of aryl methyl sites for hydroxylation is 1. The van der Waals surface area contributed by atoms with Gasteiger partial charge in [0.25, 0.3) is 5.91 Å². The largest absolute Gasteiger partial charge is 0.352 e. The lowest BCUT2D eigenvalue weighted by Crippen LogP contribution is -2.35. The van der Waals surface area contributed by atoms with Gasteiger partial charge in [-0.1, -0.05) is 6.07 Å². The fourth-order valence-corrected chi connectivity index (χ4v) is 5.71. The van der Waals surface area contributed by atoms with E-state index in [0.717, 1.165) is 18.4 Å². The van der Waals surface area contributed by atoms with Crippen LogP contribution in [0.1, 0.15) is 27.2 Å². The van der Waals surface area contributed by atoms with Crippen molar-refractivity contribution in [1.29, 1.82) is 0 Å². The maximum absolute atomic E-state index is 13.1. The molecule has 0 unspecified atom stereocenters. The summed E-state index contributed by atoms with van der Waals surface area (Å²) in [7, 11) is -3.65. The second-order valence-corrected chi connectivity index (χ2v) is 9.80. The minimum atomic E-state index is -3.65. The second kappa shape index (κ2) is 8.48. The summed E-state index contributed by atoms with van der Waals surface area (Å²) < 4.78 is 29.4. The van der Waals surface area contributed by atoms with Gasteiger partial charge in [0.1, 0.15) is 0 Å². The Hall–Kier alpha value is -2.49. The smallest absolute Gasteiger partial charge is 0.251 e. The summed E-state index contributed by atoms with van der Waals surface area (Å²) in [5, 5.41) is 8.96. The summed E-state index contributed by atoms with van der Waals surface area (Å²) in [6.45, 7) is 2.04. The molecule has 1 amide bonds. The predicted molar refractivity (Wildman–Crippen MR) is 111 cm³/mol. The van der Waals surface area contributed by atoms with Crippen LogP contribution in [0.2, 0.25) is 0 Å². The predicted octanol–water partition coefficient (Wildman–Crippen LogP) is 2.51. The molecule has 1 aliphatic rings. The molecule has 0 saturated heterocycles. The number of aromatic nitrogens is 2. The topological polar surface area (TPSA) is 84.3 Å². The molecule has 0 atom stereocenters. The normalized spacial score (nSPS) is 14.5. The third kappa shape index (κ3) is 4.42. The zero-order chi connectivity index (χ0) is 20.3. The quantitative estimate of drug-likeness (QED) is 0.584. The van der Waals surface area contributed by atoms with Crippen LogP contribution in [0.5, 0.6) is 0 Å². The van der Waals surface area contributed by atoms with Crippen molar-refractivity contribution in [3.63, 3.8) is 0 Å². The van der Waals surface area contributed by atoms with Gasteiger partial charge in [0, 0.05) is 49.0 Å². The average molecular weight is 431 g/mol. The molecule has 0 spiro atoms. The molecule has 4 rings (SSSR count). The number of carbonyl (C=O) groups excluding carboxylic acids is 1. The van der Waals surface area contributed by atoms with Crippen LogP contribution < -0.4 is 5.32 Å². The van der Waals surface area contributed by atoms with Crippen LogP contribution in [0.15, 0.2) is 59.1 Å². The van der Waals surface area contributed by atoms with Gasteiger partial charge in [0.2, 0.25) is 10.0 Å². The molecule has 0 saturated carbocycles. The van der Waals surface area contributed by atoms with Crippen LogP contribution in [0.25, 0.3) is 0 Å². The van der Waals surface area contributed by atoms with Crippen molar-refractivity contribution >= 4 is 27.3 Å². The molecule has 1 aromatic carbocycles. The SMILES string of the molecule is O=C(NCCCn1cccn1)c1cccc(S(=O)(=O)N2CCc3sccc3C2)c1. The molecule has 1 aliphatic heterocycles. The fourth-order valence-electron chi connectivity index (χ4n) is 3.35. The third-order valence-corrected chi connectivity index (χ3v) is 7.78. The number of sulfonamides is 1. The molecule has 0 radical (unpaired) electrons. The van der Waals surface area contributed by atoms with Crippen LogP contribution in [0.3, 0.4) is 0 Å².